The normalized spacial score (nSPS) is 15.7. The number of nitrogens with one attached hydrogen (secondary N) is 1. The Bertz CT molecular complexity index is 928. The molecule has 9 nitrogen and oxygen atoms in total. The predicted octanol–water partition coefficient (Wildman–Crippen LogP) is 2.47. The van der Waals surface area contributed by atoms with Crippen LogP contribution < -0.4 is 14.8 Å². The zero-order chi connectivity index (χ0) is 17.9. The average Bonchev–Trinajstić information content (AvgIpc) is 3.28. The summed E-state index contributed by atoms with van der Waals surface area (Å²) < 4.78 is 17.0. The lowest BCUT2D eigenvalue weighted by Crippen LogP contribution is -2.21. The standard InChI is InChI=1S/C15H13N5O4S2/c1-8-17-19-14(26-8)16-12(21)7-25-15-20-18-13(24-15)11-6-22-9-4-2-3-5-10(9)23-11/h2-5,11H,6-7H2,1H3,(H,16,19,21)/t11-/m0/s1. The lowest BCUT2D eigenvalue weighted by atomic mass is 10.2. The molecular formula is C15H13N5O4S2. The molecule has 0 saturated carbocycles. The number of hydrogen-bond donors (Lipinski definition) is 1. The highest BCUT2D eigenvalue weighted by Gasteiger charge is 2.27. The molecule has 3 aromatic rings. The topological polar surface area (TPSA) is 112 Å². The van der Waals surface area contributed by atoms with Crippen LogP contribution in [0.1, 0.15) is 17.0 Å². The fraction of sp³-hybridized carbons (Fsp3) is 0.267. The van der Waals surface area contributed by atoms with Crippen molar-refractivity contribution in [1.82, 2.24) is 20.4 Å². The second kappa shape index (κ2) is 7.30. The molecule has 4 rings (SSSR count). The molecule has 0 aliphatic carbocycles. The number of rotatable bonds is 5. The lowest BCUT2D eigenvalue weighted by Gasteiger charge is -2.23. The highest BCUT2D eigenvalue weighted by molar-refractivity contribution is 7.99. The Morgan fingerprint density at radius 2 is 2.12 bits per heavy atom. The van der Waals surface area contributed by atoms with Crippen molar-refractivity contribution in [3.05, 3.63) is 35.2 Å². The number of amides is 1. The number of benzene rings is 1. The molecule has 0 saturated heterocycles. The Morgan fingerprint density at radius 1 is 1.27 bits per heavy atom. The summed E-state index contributed by atoms with van der Waals surface area (Å²) in [6.45, 7) is 2.09. The van der Waals surface area contributed by atoms with Crippen LogP contribution in [0.2, 0.25) is 0 Å². The molecule has 0 spiro atoms. The molecule has 2 aromatic heterocycles. The zero-order valence-corrected chi connectivity index (χ0v) is 15.2. The van der Waals surface area contributed by atoms with E-state index in [1.54, 1.807) is 0 Å². The maximum Gasteiger partial charge on any atom is 0.277 e. The third-order valence-electron chi connectivity index (χ3n) is 3.31. The summed E-state index contributed by atoms with van der Waals surface area (Å²) in [5.74, 6) is 1.51. The summed E-state index contributed by atoms with van der Waals surface area (Å²) >= 11 is 2.44. The quantitative estimate of drug-likeness (QED) is 0.655. The van der Waals surface area contributed by atoms with Gasteiger partial charge >= 0.3 is 0 Å². The molecule has 3 heterocycles. The molecule has 134 valence electrons. The number of hydrogen-bond acceptors (Lipinski definition) is 10. The van der Waals surface area contributed by atoms with Crippen LogP contribution in [0, 0.1) is 6.92 Å². The van der Waals surface area contributed by atoms with Gasteiger partial charge in [-0.05, 0) is 19.1 Å². The number of nitrogens with zero attached hydrogens (tertiary/aromatic N) is 4. The Balaban J connectivity index is 1.33. The summed E-state index contributed by atoms with van der Waals surface area (Å²) in [7, 11) is 0. The molecule has 0 unspecified atom stereocenters. The summed E-state index contributed by atoms with van der Waals surface area (Å²) in [6.07, 6.45) is -0.482. The predicted molar refractivity (Wildman–Crippen MR) is 93.6 cm³/mol. The third kappa shape index (κ3) is 3.78. The van der Waals surface area contributed by atoms with Gasteiger partial charge in [0, 0.05) is 0 Å². The van der Waals surface area contributed by atoms with Crippen molar-refractivity contribution < 1.29 is 18.7 Å². The SMILES string of the molecule is Cc1nnc(NC(=O)CSc2nnc([C@@H]3COc4ccccc4O3)o2)s1. The first-order valence-electron chi connectivity index (χ1n) is 7.62. The van der Waals surface area contributed by atoms with Crippen LogP contribution in [0.15, 0.2) is 33.9 Å². The summed E-state index contributed by atoms with van der Waals surface area (Å²) in [6, 6.07) is 7.38. The van der Waals surface area contributed by atoms with E-state index in [-0.39, 0.29) is 23.5 Å². The van der Waals surface area contributed by atoms with Gasteiger partial charge in [0.1, 0.15) is 11.6 Å². The van der Waals surface area contributed by atoms with Gasteiger partial charge in [0.25, 0.3) is 11.1 Å². The number of anilines is 1. The molecule has 1 atom stereocenters. The van der Waals surface area contributed by atoms with E-state index in [0.717, 1.165) is 16.8 Å². The Labute approximate surface area is 156 Å². The van der Waals surface area contributed by atoms with Gasteiger partial charge in [-0.2, -0.15) is 0 Å². The average molecular weight is 391 g/mol. The minimum absolute atomic E-state index is 0.116. The van der Waals surface area contributed by atoms with Gasteiger partial charge in [0.05, 0.1) is 5.75 Å². The number of ether oxygens (including phenoxy) is 2. The molecule has 1 N–H and O–H groups in total. The number of aryl methyl sites for hydroxylation is 1. The van der Waals surface area contributed by atoms with Crippen molar-refractivity contribution in [3.63, 3.8) is 0 Å². The Kier molecular flexibility index (Phi) is 4.71. The summed E-state index contributed by atoms with van der Waals surface area (Å²) in [5.41, 5.74) is 0. The molecule has 1 amide bonds. The van der Waals surface area contributed by atoms with Gasteiger partial charge in [-0.25, -0.2) is 0 Å². The third-order valence-corrected chi connectivity index (χ3v) is 4.88. The zero-order valence-electron chi connectivity index (χ0n) is 13.5. The largest absolute Gasteiger partial charge is 0.485 e. The van der Waals surface area contributed by atoms with Crippen molar-refractivity contribution in [2.75, 3.05) is 17.7 Å². The highest BCUT2D eigenvalue weighted by Crippen LogP contribution is 2.35. The van der Waals surface area contributed by atoms with E-state index >= 15 is 0 Å². The number of thioether (sulfide) groups is 1. The van der Waals surface area contributed by atoms with Gasteiger partial charge in [0.15, 0.2) is 11.5 Å². The van der Waals surface area contributed by atoms with E-state index in [1.807, 2.05) is 31.2 Å². The lowest BCUT2D eigenvalue weighted by molar-refractivity contribution is -0.113. The fourth-order valence-corrected chi connectivity index (χ4v) is 3.36. The van der Waals surface area contributed by atoms with Gasteiger partial charge in [-0.1, -0.05) is 35.2 Å². The number of para-hydroxylation sites is 2. The van der Waals surface area contributed by atoms with E-state index < -0.39 is 6.10 Å². The van der Waals surface area contributed by atoms with Crippen molar-refractivity contribution in [2.45, 2.75) is 18.3 Å². The molecule has 0 radical (unpaired) electrons. The fourth-order valence-electron chi connectivity index (χ4n) is 2.18. The first kappa shape index (κ1) is 16.8. The number of aromatic nitrogens is 4. The molecule has 1 aliphatic heterocycles. The van der Waals surface area contributed by atoms with Gasteiger partial charge in [-0.15, -0.1) is 20.4 Å². The molecule has 1 aliphatic rings. The van der Waals surface area contributed by atoms with Crippen molar-refractivity contribution >= 4 is 34.1 Å². The second-order valence-electron chi connectivity index (χ2n) is 5.23. The van der Waals surface area contributed by atoms with Crippen LogP contribution in [0.5, 0.6) is 11.5 Å². The van der Waals surface area contributed by atoms with Gasteiger partial charge < -0.3 is 13.9 Å². The van der Waals surface area contributed by atoms with Gasteiger partial charge in [0.2, 0.25) is 17.1 Å². The summed E-state index contributed by atoms with van der Waals surface area (Å²) in [4.78, 5) is 11.9. The Hall–Kier alpha value is -2.66. The first-order valence-corrected chi connectivity index (χ1v) is 9.42. The van der Waals surface area contributed by atoms with Crippen molar-refractivity contribution in [1.29, 1.82) is 0 Å². The van der Waals surface area contributed by atoms with Crippen molar-refractivity contribution in [3.8, 4) is 11.5 Å². The Morgan fingerprint density at radius 3 is 2.92 bits per heavy atom. The first-order chi connectivity index (χ1) is 12.7. The van der Waals surface area contributed by atoms with Crippen molar-refractivity contribution in [2.24, 2.45) is 0 Å². The maximum atomic E-state index is 11.9. The van der Waals surface area contributed by atoms with E-state index in [2.05, 4.69) is 25.7 Å². The molecule has 0 fully saturated rings. The molecule has 1 aromatic carbocycles. The minimum atomic E-state index is -0.482. The van der Waals surface area contributed by atoms with E-state index in [4.69, 9.17) is 13.9 Å². The highest BCUT2D eigenvalue weighted by atomic mass is 32.2. The van der Waals surface area contributed by atoms with Crippen LogP contribution in [0.25, 0.3) is 0 Å². The number of fused-ring (bicyclic) bond motifs is 1. The van der Waals surface area contributed by atoms with Crippen LogP contribution in [0.4, 0.5) is 5.13 Å². The summed E-state index contributed by atoms with van der Waals surface area (Å²) in [5, 5.41) is 19.8. The van der Waals surface area contributed by atoms with Crippen LogP contribution in [-0.2, 0) is 4.79 Å². The number of carbonyl (C=O) groups is 1. The van der Waals surface area contributed by atoms with E-state index in [9.17, 15) is 4.79 Å². The second-order valence-corrected chi connectivity index (χ2v) is 7.34. The van der Waals surface area contributed by atoms with Crippen LogP contribution in [0.3, 0.4) is 0 Å². The van der Waals surface area contributed by atoms with Gasteiger partial charge in [-0.3, -0.25) is 10.1 Å². The van der Waals surface area contributed by atoms with Crippen LogP contribution >= 0.6 is 23.1 Å². The monoisotopic (exact) mass is 391 g/mol. The van der Waals surface area contributed by atoms with E-state index in [0.29, 0.717) is 22.5 Å². The van der Waals surface area contributed by atoms with E-state index in [1.165, 1.54) is 11.3 Å². The van der Waals surface area contributed by atoms with Crippen LogP contribution in [-0.4, -0.2) is 38.7 Å². The molecular weight excluding hydrogens is 378 g/mol. The maximum absolute atomic E-state index is 11.9. The number of carbonyl (C=O) groups excluding carboxylic acids is 1. The molecule has 26 heavy (non-hydrogen) atoms. The smallest absolute Gasteiger partial charge is 0.277 e. The molecule has 0 bridgehead atoms. The molecule has 11 heteroatoms. The minimum Gasteiger partial charge on any atom is -0.485 e.